The third kappa shape index (κ3) is 3.96. The Balaban J connectivity index is 1.18. The summed E-state index contributed by atoms with van der Waals surface area (Å²) < 4.78 is 11.4. The van der Waals surface area contributed by atoms with Crippen LogP contribution in [0.5, 0.6) is 5.88 Å². The molecule has 0 saturated heterocycles. The topological polar surface area (TPSA) is 104 Å². The van der Waals surface area contributed by atoms with E-state index in [9.17, 15) is 9.59 Å². The van der Waals surface area contributed by atoms with Crippen molar-refractivity contribution in [3.05, 3.63) is 45.8 Å². The van der Waals surface area contributed by atoms with Gasteiger partial charge in [0.1, 0.15) is 12.2 Å². The van der Waals surface area contributed by atoms with Crippen molar-refractivity contribution >= 4 is 23.3 Å². The van der Waals surface area contributed by atoms with Gasteiger partial charge in [0.25, 0.3) is 5.91 Å². The Hall–Kier alpha value is -2.61. The van der Waals surface area contributed by atoms with E-state index in [1.807, 2.05) is 37.3 Å². The van der Waals surface area contributed by atoms with Crippen LogP contribution in [0, 0.1) is 12.3 Å². The van der Waals surface area contributed by atoms with Crippen LogP contribution in [0.25, 0.3) is 0 Å². The number of amides is 2. The van der Waals surface area contributed by atoms with Gasteiger partial charge in [0.2, 0.25) is 5.88 Å². The van der Waals surface area contributed by atoms with Gasteiger partial charge in [0, 0.05) is 6.54 Å². The second-order valence-electron chi connectivity index (χ2n) is 7.65. The third-order valence-electron chi connectivity index (χ3n) is 5.40. The molecule has 1 aromatic carbocycles. The molecule has 4 rings (SSSR count). The number of hydrogen-bond acceptors (Lipinski definition) is 6. The van der Waals surface area contributed by atoms with Crippen LogP contribution < -0.4 is 15.8 Å². The minimum Gasteiger partial charge on any atom is -0.473 e. The normalized spacial score (nSPS) is 25.5. The van der Waals surface area contributed by atoms with E-state index in [2.05, 4.69) is 10.3 Å². The maximum Gasteiger partial charge on any atom is 0.407 e. The summed E-state index contributed by atoms with van der Waals surface area (Å²) in [5.41, 5.74) is 6.60. The van der Waals surface area contributed by atoms with Gasteiger partial charge in [-0.25, -0.2) is 9.78 Å². The highest BCUT2D eigenvalue weighted by atomic mass is 32.1. The van der Waals surface area contributed by atoms with Crippen LogP contribution in [0.3, 0.4) is 0 Å². The summed E-state index contributed by atoms with van der Waals surface area (Å²) in [6, 6.07) is 9.73. The number of nitrogens with two attached hydrogens (primary N) is 1. The predicted molar refractivity (Wildman–Crippen MR) is 104 cm³/mol. The molecule has 148 valence electrons. The Labute approximate surface area is 167 Å². The SMILES string of the molecule is Cc1nc(OC2CC3(CC(OC(=O)NCc4ccccc4)C3)C2)c(C(N)=O)s1. The van der Waals surface area contributed by atoms with Gasteiger partial charge >= 0.3 is 6.09 Å². The van der Waals surface area contributed by atoms with E-state index in [0.29, 0.717) is 17.3 Å². The first-order valence-corrected chi connectivity index (χ1v) is 10.2. The van der Waals surface area contributed by atoms with Gasteiger partial charge < -0.3 is 20.5 Å². The number of thiazole rings is 1. The molecule has 1 heterocycles. The zero-order valence-electron chi connectivity index (χ0n) is 15.6. The van der Waals surface area contributed by atoms with E-state index < -0.39 is 5.91 Å². The highest BCUT2D eigenvalue weighted by Crippen LogP contribution is 2.57. The summed E-state index contributed by atoms with van der Waals surface area (Å²) in [4.78, 5) is 28.0. The highest BCUT2D eigenvalue weighted by Gasteiger charge is 2.55. The number of nitrogens with one attached hydrogen (secondary N) is 1. The van der Waals surface area contributed by atoms with Crippen molar-refractivity contribution < 1.29 is 19.1 Å². The number of aryl methyl sites for hydroxylation is 1. The molecule has 3 N–H and O–H groups in total. The average molecular weight is 401 g/mol. The van der Waals surface area contributed by atoms with Gasteiger partial charge in [-0.05, 0) is 43.6 Å². The van der Waals surface area contributed by atoms with Gasteiger partial charge in [0.15, 0.2) is 4.88 Å². The van der Waals surface area contributed by atoms with Gasteiger partial charge in [-0.1, -0.05) is 30.3 Å². The number of alkyl carbamates (subject to hydrolysis) is 1. The molecule has 2 aliphatic carbocycles. The van der Waals surface area contributed by atoms with Crippen LogP contribution in [0.1, 0.15) is 45.9 Å². The number of nitrogens with zero attached hydrogens (tertiary/aromatic N) is 1. The Bertz CT molecular complexity index is 869. The van der Waals surface area contributed by atoms with Crippen LogP contribution in [0.15, 0.2) is 30.3 Å². The molecule has 2 amide bonds. The highest BCUT2D eigenvalue weighted by molar-refractivity contribution is 7.13. The standard InChI is InChI=1S/C20H23N3O4S/c1-12-23-18(16(28-12)17(21)24)26-14-7-20(8-14)9-15(10-20)27-19(25)22-11-13-5-3-2-4-6-13/h2-6,14-15H,7-11H2,1H3,(H2,21,24)(H,22,25). The van der Waals surface area contributed by atoms with Gasteiger partial charge in [-0.15, -0.1) is 11.3 Å². The van der Waals surface area contributed by atoms with Crippen LogP contribution in [0.4, 0.5) is 4.79 Å². The summed E-state index contributed by atoms with van der Waals surface area (Å²) in [5, 5.41) is 3.55. The summed E-state index contributed by atoms with van der Waals surface area (Å²) in [7, 11) is 0. The number of carbonyl (C=O) groups is 2. The molecule has 0 unspecified atom stereocenters. The van der Waals surface area contributed by atoms with E-state index in [-0.39, 0.29) is 23.7 Å². The predicted octanol–water partition coefficient (Wildman–Crippen LogP) is 3.17. The van der Waals surface area contributed by atoms with Gasteiger partial charge in [-0.2, -0.15) is 0 Å². The number of rotatable bonds is 6. The van der Waals surface area contributed by atoms with Crippen molar-refractivity contribution in [2.45, 2.75) is 51.4 Å². The second kappa shape index (κ2) is 7.43. The third-order valence-corrected chi connectivity index (χ3v) is 6.37. The fourth-order valence-corrected chi connectivity index (χ4v) is 4.78. The number of carbonyl (C=O) groups excluding carboxylic acids is 2. The number of benzene rings is 1. The van der Waals surface area contributed by atoms with Crippen molar-refractivity contribution in [2.75, 3.05) is 0 Å². The Morgan fingerprint density at radius 2 is 1.89 bits per heavy atom. The smallest absolute Gasteiger partial charge is 0.407 e. The molecule has 0 radical (unpaired) electrons. The van der Waals surface area contributed by atoms with Crippen molar-refractivity contribution in [1.82, 2.24) is 10.3 Å². The molecule has 2 saturated carbocycles. The summed E-state index contributed by atoms with van der Waals surface area (Å²) in [6.45, 7) is 2.28. The number of hydrogen-bond donors (Lipinski definition) is 2. The van der Waals surface area contributed by atoms with Crippen molar-refractivity contribution in [3.8, 4) is 5.88 Å². The van der Waals surface area contributed by atoms with Crippen LogP contribution in [-0.4, -0.2) is 29.2 Å². The lowest BCUT2D eigenvalue weighted by molar-refractivity contribution is -0.133. The molecule has 0 atom stereocenters. The first-order chi connectivity index (χ1) is 13.4. The second-order valence-corrected chi connectivity index (χ2v) is 8.86. The van der Waals surface area contributed by atoms with Crippen LogP contribution >= 0.6 is 11.3 Å². The van der Waals surface area contributed by atoms with Crippen LogP contribution in [-0.2, 0) is 11.3 Å². The first-order valence-electron chi connectivity index (χ1n) is 9.35. The minimum absolute atomic E-state index is 0.0347. The van der Waals surface area contributed by atoms with Crippen molar-refractivity contribution in [1.29, 1.82) is 0 Å². The van der Waals surface area contributed by atoms with Crippen LogP contribution in [0.2, 0.25) is 0 Å². The monoisotopic (exact) mass is 401 g/mol. The van der Waals surface area contributed by atoms with E-state index >= 15 is 0 Å². The van der Waals surface area contributed by atoms with Gasteiger partial charge in [-0.3, -0.25) is 4.79 Å². The molecule has 0 aliphatic heterocycles. The van der Waals surface area contributed by atoms with Gasteiger partial charge in [0.05, 0.1) is 5.01 Å². The number of ether oxygens (including phenoxy) is 2. The molecule has 28 heavy (non-hydrogen) atoms. The first kappa shape index (κ1) is 18.7. The summed E-state index contributed by atoms with van der Waals surface area (Å²) in [6.07, 6.45) is 3.08. The number of aromatic nitrogens is 1. The molecule has 1 spiro atoms. The largest absolute Gasteiger partial charge is 0.473 e. The molecule has 2 aromatic rings. The molecule has 7 nitrogen and oxygen atoms in total. The van der Waals surface area contributed by atoms with E-state index in [0.717, 1.165) is 36.3 Å². The molecule has 1 aromatic heterocycles. The maximum atomic E-state index is 11.9. The lowest BCUT2D eigenvalue weighted by Gasteiger charge is -2.56. The molecule has 2 aliphatic rings. The quantitative estimate of drug-likeness (QED) is 0.774. The maximum absolute atomic E-state index is 11.9. The molecular formula is C20H23N3O4S. The summed E-state index contributed by atoms with van der Waals surface area (Å²) in [5.74, 6) is -0.157. The van der Waals surface area contributed by atoms with E-state index in [4.69, 9.17) is 15.2 Å². The lowest BCUT2D eigenvalue weighted by Crippen LogP contribution is -2.55. The fourth-order valence-electron chi connectivity index (χ4n) is 4.08. The lowest BCUT2D eigenvalue weighted by atomic mass is 9.53. The van der Waals surface area contributed by atoms with Crippen molar-refractivity contribution in [2.24, 2.45) is 11.1 Å². The minimum atomic E-state index is -0.506. The zero-order valence-corrected chi connectivity index (χ0v) is 16.5. The molecular weight excluding hydrogens is 378 g/mol. The Morgan fingerprint density at radius 3 is 2.57 bits per heavy atom. The number of primary amides is 1. The molecule has 8 heteroatoms. The zero-order chi connectivity index (χ0) is 19.7. The molecule has 2 fully saturated rings. The van der Waals surface area contributed by atoms with Crippen molar-refractivity contribution in [3.63, 3.8) is 0 Å². The summed E-state index contributed by atoms with van der Waals surface area (Å²) >= 11 is 1.25. The molecule has 0 bridgehead atoms. The van der Waals surface area contributed by atoms with E-state index in [1.165, 1.54) is 11.3 Å². The Kier molecular flexibility index (Phi) is 4.97. The Morgan fingerprint density at radius 1 is 1.21 bits per heavy atom. The van der Waals surface area contributed by atoms with E-state index in [1.54, 1.807) is 0 Å². The fraction of sp³-hybridized carbons (Fsp3) is 0.450. The average Bonchev–Trinajstić information content (AvgIpc) is 2.98.